The van der Waals surface area contributed by atoms with E-state index in [9.17, 15) is 23.9 Å². The first-order chi connectivity index (χ1) is 16.6. The van der Waals surface area contributed by atoms with E-state index in [0.29, 0.717) is 36.3 Å². The maximum Gasteiger partial charge on any atom is 0.258 e. The van der Waals surface area contributed by atoms with Crippen LogP contribution in [0.5, 0.6) is 5.75 Å². The Balaban J connectivity index is 1.30. The molecule has 2 amide bonds. The largest absolute Gasteiger partial charge is 0.484 e. The Labute approximate surface area is 211 Å². The predicted octanol–water partition coefficient (Wildman–Crippen LogP) is 3.83. The first-order valence-electron chi connectivity index (χ1n) is 11.3. The van der Waals surface area contributed by atoms with Crippen LogP contribution in [0.4, 0.5) is 4.39 Å². The summed E-state index contributed by atoms with van der Waals surface area (Å²) in [6.07, 6.45) is 1.10. The molecular weight excluding hydrogens is 498 g/mol. The summed E-state index contributed by atoms with van der Waals surface area (Å²) in [6.45, 7) is -0.343. The lowest BCUT2D eigenvalue weighted by Gasteiger charge is -2.56. The highest BCUT2D eigenvalue weighted by Gasteiger charge is 2.55. The fraction of sp³-hybridized carbons (Fsp3) is 0.400. The van der Waals surface area contributed by atoms with Crippen LogP contribution >= 0.6 is 23.2 Å². The van der Waals surface area contributed by atoms with E-state index < -0.39 is 34.8 Å². The van der Waals surface area contributed by atoms with Gasteiger partial charge in [-0.05, 0) is 68.5 Å². The molecule has 2 aromatic carbocycles. The predicted molar refractivity (Wildman–Crippen MR) is 128 cm³/mol. The topological polar surface area (TPSA) is 105 Å². The van der Waals surface area contributed by atoms with E-state index in [-0.39, 0.29) is 36.0 Å². The van der Waals surface area contributed by atoms with Crippen molar-refractivity contribution in [2.24, 2.45) is 0 Å². The molecule has 0 radical (unpaired) electrons. The molecule has 0 saturated heterocycles. The zero-order valence-corrected chi connectivity index (χ0v) is 20.3. The minimum atomic E-state index is -0.880. The number of rotatable bonds is 8. The van der Waals surface area contributed by atoms with Crippen LogP contribution in [0.3, 0.4) is 0 Å². The highest BCUT2D eigenvalue weighted by molar-refractivity contribution is 6.31. The quantitative estimate of drug-likeness (QED) is 0.361. The number of aliphatic hydroxyl groups is 1. The van der Waals surface area contributed by atoms with Crippen molar-refractivity contribution in [2.75, 3.05) is 6.61 Å². The minimum absolute atomic E-state index is 0.0434. The van der Waals surface area contributed by atoms with Gasteiger partial charge in [-0.2, -0.15) is 0 Å². The van der Waals surface area contributed by atoms with Gasteiger partial charge in [-0.3, -0.25) is 14.4 Å². The summed E-state index contributed by atoms with van der Waals surface area (Å²) < 4.78 is 18.9. The number of amides is 2. The number of nitrogens with one attached hydrogen (secondary N) is 2. The molecule has 3 aliphatic rings. The monoisotopic (exact) mass is 522 g/mol. The number of fused-ring (bicyclic) bond motifs is 3. The van der Waals surface area contributed by atoms with Crippen molar-refractivity contribution in [2.45, 2.75) is 55.7 Å². The average molecular weight is 523 g/mol. The third kappa shape index (κ3) is 5.77. The highest BCUT2D eigenvalue weighted by Crippen LogP contribution is 2.47. The number of carbonyl (C=O) groups excluding carboxylic acids is 3. The van der Waals surface area contributed by atoms with E-state index in [2.05, 4.69) is 10.6 Å². The van der Waals surface area contributed by atoms with E-state index in [0.717, 1.165) is 6.07 Å². The van der Waals surface area contributed by atoms with Crippen molar-refractivity contribution in [1.29, 1.82) is 0 Å². The smallest absolute Gasteiger partial charge is 0.258 e. The van der Waals surface area contributed by atoms with Crippen molar-refractivity contribution in [3.63, 3.8) is 0 Å². The van der Waals surface area contributed by atoms with Gasteiger partial charge in [0.25, 0.3) is 5.91 Å². The number of hydrogen-bond donors (Lipinski definition) is 3. The Hall–Kier alpha value is -2.68. The summed E-state index contributed by atoms with van der Waals surface area (Å²) in [5.41, 5.74) is -1.04. The Morgan fingerprint density at radius 1 is 1.00 bits per heavy atom. The first-order valence-corrected chi connectivity index (χ1v) is 12.0. The summed E-state index contributed by atoms with van der Waals surface area (Å²) in [6, 6.07) is 10.2. The van der Waals surface area contributed by atoms with E-state index in [1.54, 1.807) is 24.3 Å². The molecule has 0 spiro atoms. The fourth-order valence-electron chi connectivity index (χ4n) is 4.91. The average Bonchev–Trinajstić information content (AvgIpc) is 2.81. The number of benzene rings is 2. The van der Waals surface area contributed by atoms with Crippen molar-refractivity contribution in [3.8, 4) is 5.75 Å². The van der Waals surface area contributed by atoms with Crippen LogP contribution < -0.4 is 15.4 Å². The van der Waals surface area contributed by atoms with Crippen molar-refractivity contribution >= 4 is 40.8 Å². The molecule has 0 heterocycles. The standard InChI is InChI=1S/C25H25Cl2FN2O5/c26-16-3-1-15(2-4-16)20(31)12-22(33)29-24-7-9-25(10-8-24,21(32)13-24)30-23(34)14-35-17-5-6-18(27)19(28)11-17/h1-6,11,21,32H,7-10,12-14H2,(H,29,33)(H,30,34)/t21-,24?,25?/m0/s1. The van der Waals surface area contributed by atoms with E-state index >= 15 is 0 Å². The summed E-state index contributed by atoms with van der Waals surface area (Å²) in [5, 5.41) is 17.2. The minimum Gasteiger partial charge on any atom is -0.484 e. The van der Waals surface area contributed by atoms with Crippen LogP contribution in [-0.4, -0.2) is 46.5 Å². The Kier molecular flexibility index (Phi) is 7.35. The molecule has 1 atom stereocenters. The number of halogens is 3. The van der Waals surface area contributed by atoms with E-state index in [1.807, 2.05) is 0 Å². The number of Topliss-reactive ketones (excluding diaryl/α,β-unsaturated/α-hetero) is 1. The molecule has 3 fully saturated rings. The molecule has 0 unspecified atom stereocenters. The van der Waals surface area contributed by atoms with Gasteiger partial charge in [0.05, 0.1) is 23.1 Å². The van der Waals surface area contributed by atoms with Gasteiger partial charge in [-0.15, -0.1) is 0 Å². The van der Waals surface area contributed by atoms with Crippen molar-refractivity contribution in [3.05, 3.63) is 63.9 Å². The molecule has 0 aliphatic heterocycles. The maximum atomic E-state index is 13.5. The number of ether oxygens (including phenoxy) is 1. The Bertz CT molecular complexity index is 1130. The fourth-order valence-corrected chi connectivity index (χ4v) is 5.16. The van der Waals surface area contributed by atoms with Gasteiger partial charge in [-0.25, -0.2) is 4.39 Å². The van der Waals surface area contributed by atoms with Crippen LogP contribution in [0, 0.1) is 5.82 Å². The first kappa shape index (κ1) is 25.4. The van der Waals surface area contributed by atoms with E-state index in [4.69, 9.17) is 27.9 Å². The maximum absolute atomic E-state index is 13.5. The Morgan fingerprint density at radius 3 is 2.31 bits per heavy atom. The zero-order chi connectivity index (χ0) is 25.2. The molecule has 35 heavy (non-hydrogen) atoms. The normalized spacial score (nSPS) is 25.1. The van der Waals surface area contributed by atoms with Gasteiger partial charge < -0.3 is 20.5 Å². The molecule has 10 heteroatoms. The molecule has 3 N–H and O–H groups in total. The second kappa shape index (κ2) is 10.1. The number of ketones is 1. The lowest BCUT2D eigenvalue weighted by atomic mass is 9.60. The third-order valence-corrected chi connectivity index (χ3v) is 7.42. The summed E-state index contributed by atoms with van der Waals surface area (Å²) in [4.78, 5) is 37.5. The second-order valence-corrected chi connectivity index (χ2v) is 10.1. The molecule has 2 aromatic rings. The van der Waals surface area contributed by atoms with Crippen LogP contribution in [0.25, 0.3) is 0 Å². The van der Waals surface area contributed by atoms with Gasteiger partial charge in [-0.1, -0.05) is 23.2 Å². The van der Waals surface area contributed by atoms with Crippen molar-refractivity contribution in [1.82, 2.24) is 10.6 Å². The number of carbonyl (C=O) groups is 3. The zero-order valence-electron chi connectivity index (χ0n) is 18.8. The van der Waals surface area contributed by atoms with Gasteiger partial charge in [0.2, 0.25) is 5.91 Å². The van der Waals surface area contributed by atoms with Crippen LogP contribution in [0.2, 0.25) is 10.0 Å². The Morgan fingerprint density at radius 2 is 1.69 bits per heavy atom. The van der Waals surface area contributed by atoms with Gasteiger partial charge in [0, 0.05) is 22.2 Å². The summed E-state index contributed by atoms with van der Waals surface area (Å²) >= 11 is 11.5. The second-order valence-electron chi connectivity index (χ2n) is 9.22. The molecule has 2 bridgehead atoms. The van der Waals surface area contributed by atoms with Crippen LogP contribution in [-0.2, 0) is 9.59 Å². The molecule has 186 valence electrons. The molecule has 3 saturated carbocycles. The molecule has 0 aromatic heterocycles. The number of hydrogen-bond acceptors (Lipinski definition) is 5. The highest BCUT2D eigenvalue weighted by atomic mass is 35.5. The van der Waals surface area contributed by atoms with Gasteiger partial charge in [0.15, 0.2) is 12.4 Å². The summed E-state index contributed by atoms with van der Waals surface area (Å²) in [5.74, 6) is -1.64. The summed E-state index contributed by atoms with van der Waals surface area (Å²) in [7, 11) is 0. The van der Waals surface area contributed by atoms with Crippen molar-refractivity contribution < 1.29 is 28.6 Å². The third-order valence-electron chi connectivity index (χ3n) is 6.86. The SMILES string of the molecule is O=C(CC(=O)c1ccc(Cl)cc1)NC12CCC(NC(=O)COc3ccc(Cl)c(F)c3)(CC1)[C@@H](O)C2. The van der Waals surface area contributed by atoms with Crippen LogP contribution in [0.1, 0.15) is 48.9 Å². The van der Waals surface area contributed by atoms with Gasteiger partial charge in [0.1, 0.15) is 11.6 Å². The molecule has 5 rings (SSSR count). The number of aliphatic hydroxyl groups excluding tert-OH is 1. The molecule has 7 nitrogen and oxygen atoms in total. The lowest BCUT2D eigenvalue weighted by molar-refractivity contribution is -0.136. The lowest BCUT2D eigenvalue weighted by Crippen LogP contribution is -2.70. The molecule has 3 aliphatic carbocycles. The van der Waals surface area contributed by atoms with E-state index in [1.165, 1.54) is 12.1 Å². The van der Waals surface area contributed by atoms with Crippen LogP contribution in [0.15, 0.2) is 42.5 Å². The van der Waals surface area contributed by atoms with Gasteiger partial charge >= 0.3 is 0 Å². The molecular formula is C25H25Cl2FN2O5.